The molecule has 1 heterocycles. The smallest absolute Gasteiger partial charge is 0.306 e. The highest BCUT2D eigenvalue weighted by Gasteiger charge is 2.30. The molecule has 0 aliphatic heterocycles. The Bertz CT molecular complexity index is 686. The van der Waals surface area contributed by atoms with Crippen LogP contribution in [0.2, 0.25) is 0 Å². The molecular weight excluding hydrogens is 245 g/mol. The summed E-state index contributed by atoms with van der Waals surface area (Å²) in [6, 6.07) is 2.84. The van der Waals surface area contributed by atoms with E-state index in [1.165, 1.54) is 0 Å². The van der Waals surface area contributed by atoms with Crippen molar-refractivity contribution in [1.29, 1.82) is 0 Å². The minimum atomic E-state index is -4.46. The average Bonchev–Trinajstić information content (AvgIpc) is 2.26. The molecule has 1 aromatic heterocycles. The lowest BCUT2D eigenvalue weighted by molar-refractivity contribution is -0.137. The summed E-state index contributed by atoms with van der Waals surface area (Å²) in [6.45, 7) is 5.20. The summed E-state index contributed by atoms with van der Waals surface area (Å²) in [6.07, 6.45) is -4.46. The predicted molar refractivity (Wildman–Crippen MR) is 62.1 cm³/mol. The van der Waals surface area contributed by atoms with Crippen molar-refractivity contribution in [2.45, 2.75) is 13.1 Å². The quantitative estimate of drug-likeness (QED) is 0.850. The number of benzene rings is 1. The van der Waals surface area contributed by atoms with Gasteiger partial charge in [-0.25, -0.2) is 4.98 Å². The van der Waals surface area contributed by atoms with Gasteiger partial charge in [0.2, 0.25) is 0 Å². The van der Waals surface area contributed by atoms with Crippen molar-refractivity contribution in [2.24, 2.45) is 0 Å². The third-order valence-corrected chi connectivity index (χ3v) is 2.44. The summed E-state index contributed by atoms with van der Waals surface area (Å²) >= 11 is 0. The first-order chi connectivity index (χ1) is 8.29. The lowest BCUT2D eigenvalue weighted by Gasteiger charge is -2.07. The minimum Gasteiger partial charge on any atom is -0.306 e. The Morgan fingerprint density at radius 1 is 1.39 bits per heavy atom. The zero-order valence-corrected chi connectivity index (χ0v) is 9.43. The minimum absolute atomic E-state index is 0.00609. The van der Waals surface area contributed by atoms with Crippen LogP contribution in [-0.4, -0.2) is 9.97 Å². The maximum atomic E-state index is 12.5. The number of aromatic amines is 1. The van der Waals surface area contributed by atoms with Gasteiger partial charge in [-0.15, -0.1) is 0 Å². The molecular formula is C12H9F3N2O. The van der Waals surface area contributed by atoms with Crippen LogP contribution in [0, 0.1) is 0 Å². The third kappa shape index (κ3) is 2.13. The van der Waals surface area contributed by atoms with Crippen LogP contribution in [-0.2, 0) is 6.18 Å². The molecule has 0 radical (unpaired) electrons. The maximum absolute atomic E-state index is 12.5. The highest BCUT2D eigenvalue weighted by molar-refractivity contribution is 5.79. The van der Waals surface area contributed by atoms with Gasteiger partial charge in [0.25, 0.3) is 5.56 Å². The number of hydrogen-bond donors (Lipinski definition) is 1. The molecule has 2 aromatic rings. The van der Waals surface area contributed by atoms with Crippen LogP contribution in [0.5, 0.6) is 0 Å². The molecule has 0 saturated carbocycles. The summed E-state index contributed by atoms with van der Waals surface area (Å²) in [7, 11) is 0. The Balaban J connectivity index is 2.76. The Hall–Kier alpha value is -2.11. The monoisotopic (exact) mass is 254 g/mol. The van der Waals surface area contributed by atoms with Gasteiger partial charge in [0, 0.05) is 0 Å². The van der Waals surface area contributed by atoms with Gasteiger partial charge in [-0.1, -0.05) is 6.58 Å². The lowest BCUT2D eigenvalue weighted by atomic mass is 10.1. The van der Waals surface area contributed by atoms with Crippen LogP contribution in [0.3, 0.4) is 0 Å². The molecule has 0 aliphatic carbocycles. The van der Waals surface area contributed by atoms with Gasteiger partial charge < -0.3 is 4.98 Å². The molecule has 3 nitrogen and oxygen atoms in total. The molecule has 1 aromatic carbocycles. The molecule has 2 rings (SSSR count). The average molecular weight is 254 g/mol. The predicted octanol–water partition coefficient (Wildman–Crippen LogP) is 2.98. The normalized spacial score (nSPS) is 11.8. The van der Waals surface area contributed by atoms with E-state index < -0.39 is 17.3 Å². The second kappa shape index (κ2) is 3.97. The highest BCUT2D eigenvalue weighted by atomic mass is 19.4. The molecule has 0 unspecified atom stereocenters. The standard InChI is InChI=1S/C12H9F3N2O/c1-6(2)10-16-9-5-7(12(13,14)15)3-4-8(9)11(18)17-10/h3-5H,1H2,2H3,(H,16,17,18). The lowest BCUT2D eigenvalue weighted by Crippen LogP contribution is -2.12. The first-order valence-corrected chi connectivity index (χ1v) is 5.06. The Kier molecular flexibility index (Phi) is 2.73. The van der Waals surface area contributed by atoms with Crippen molar-refractivity contribution in [3.63, 3.8) is 0 Å². The molecule has 6 heteroatoms. The zero-order valence-electron chi connectivity index (χ0n) is 9.43. The molecule has 0 spiro atoms. The van der Waals surface area contributed by atoms with Crippen molar-refractivity contribution in [2.75, 3.05) is 0 Å². The number of fused-ring (bicyclic) bond motifs is 1. The van der Waals surface area contributed by atoms with Crippen molar-refractivity contribution in [3.8, 4) is 0 Å². The van der Waals surface area contributed by atoms with Gasteiger partial charge in [0.1, 0.15) is 5.82 Å². The third-order valence-electron chi connectivity index (χ3n) is 2.44. The maximum Gasteiger partial charge on any atom is 0.416 e. The van der Waals surface area contributed by atoms with Gasteiger partial charge in [-0.3, -0.25) is 4.79 Å². The van der Waals surface area contributed by atoms with Crippen molar-refractivity contribution in [1.82, 2.24) is 9.97 Å². The first-order valence-electron chi connectivity index (χ1n) is 5.06. The van der Waals surface area contributed by atoms with E-state index in [4.69, 9.17) is 0 Å². The SMILES string of the molecule is C=C(C)c1nc2cc(C(F)(F)F)ccc2c(=O)[nH]1. The molecule has 94 valence electrons. The molecule has 0 amide bonds. The number of hydrogen-bond acceptors (Lipinski definition) is 2. The second-order valence-corrected chi connectivity index (χ2v) is 3.92. The van der Waals surface area contributed by atoms with Crippen LogP contribution in [0.15, 0.2) is 29.6 Å². The largest absolute Gasteiger partial charge is 0.416 e. The molecule has 0 bridgehead atoms. The number of nitrogens with one attached hydrogen (secondary N) is 1. The summed E-state index contributed by atoms with van der Waals surface area (Å²) in [5, 5.41) is 0.119. The number of rotatable bonds is 1. The second-order valence-electron chi connectivity index (χ2n) is 3.92. The molecule has 0 atom stereocenters. The number of aromatic nitrogens is 2. The zero-order chi connectivity index (χ0) is 13.5. The van der Waals surface area contributed by atoms with Crippen molar-refractivity contribution in [3.05, 3.63) is 46.5 Å². The van der Waals surface area contributed by atoms with E-state index >= 15 is 0 Å². The summed E-state index contributed by atoms with van der Waals surface area (Å²) in [5.41, 5.74) is -0.828. The van der Waals surface area contributed by atoms with E-state index in [9.17, 15) is 18.0 Å². The van der Waals surface area contributed by atoms with Gasteiger partial charge in [-0.2, -0.15) is 13.2 Å². The van der Waals surface area contributed by atoms with Gasteiger partial charge in [0.15, 0.2) is 0 Å². The van der Waals surface area contributed by atoms with Crippen LogP contribution < -0.4 is 5.56 Å². The van der Waals surface area contributed by atoms with Crippen LogP contribution >= 0.6 is 0 Å². The summed E-state index contributed by atoms with van der Waals surface area (Å²) in [4.78, 5) is 18.1. The molecule has 0 saturated heterocycles. The van der Waals surface area contributed by atoms with E-state index in [1.54, 1.807) is 6.92 Å². The fraction of sp³-hybridized carbons (Fsp3) is 0.167. The fourth-order valence-electron chi connectivity index (χ4n) is 1.52. The number of H-pyrrole nitrogens is 1. The molecule has 1 N–H and O–H groups in total. The number of nitrogens with zero attached hydrogens (tertiary/aromatic N) is 1. The van der Waals surface area contributed by atoms with E-state index in [2.05, 4.69) is 16.5 Å². The van der Waals surface area contributed by atoms with E-state index in [1.807, 2.05) is 0 Å². The van der Waals surface area contributed by atoms with Crippen LogP contribution in [0.4, 0.5) is 13.2 Å². The van der Waals surface area contributed by atoms with Crippen molar-refractivity contribution >= 4 is 16.5 Å². The molecule has 0 aliphatic rings. The molecule has 0 fully saturated rings. The highest BCUT2D eigenvalue weighted by Crippen LogP contribution is 2.30. The topological polar surface area (TPSA) is 45.8 Å². The van der Waals surface area contributed by atoms with Crippen molar-refractivity contribution < 1.29 is 13.2 Å². The Morgan fingerprint density at radius 3 is 2.61 bits per heavy atom. The van der Waals surface area contributed by atoms with Gasteiger partial charge in [-0.05, 0) is 30.7 Å². The Labute approximate surface area is 100.0 Å². The summed E-state index contributed by atoms with van der Waals surface area (Å²) < 4.78 is 37.6. The van der Waals surface area contributed by atoms with Gasteiger partial charge in [0.05, 0.1) is 16.5 Å². The van der Waals surface area contributed by atoms with E-state index in [-0.39, 0.29) is 16.7 Å². The van der Waals surface area contributed by atoms with Gasteiger partial charge >= 0.3 is 6.18 Å². The fourth-order valence-corrected chi connectivity index (χ4v) is 1.52. The van der Waals surface area contributed by atoms with E-state index in [0.717, 1.165) is 18.2 Å². The Morgan fingerprint density at radius 2 is 2.06 bits per heavy atom. The van der Waals surface area contributed by atoms with E-state index in [0.29, 0.717) is 5.57 Å². The van der Waals surface area contributed by atoms with Crippen LogP contribution in [0.1, 0.15) is 18.3 Å². The number of halogens is 3. The summed E-state index contributed by atoms with van der Waals surface area (Å²) in [5.74, 6) is 0.187. The molecule has 18 heavy (non-hydrogen) atoms. The number of alkyl halides is 3. The van der Waals surface area contributed by atoms with Crippen LogP contribution in [0.25, 0.3) is 16.5 Å². The number of allylic oxidation sites excluding steroid dienone is 1. The first kappa shape index (κ1) is 12.3.